The molecule has 3 aromatic carbocycles. The number of nitrogens with zero attached hydrogens (tertiary/aromatic N) is 2. The molecular weight excluding hydrogens is 456 g/mol. The molecule has 0 spiro atoms. The highest BCUT2D eigenvalue weighted by atomic mass is 16.4. The van der Waals surface area contributed by atoms with Gasteiger partial charge in [-0.05, 0) is 16.7 Å². The Kier molecular flexibility index (Phi) is 7.50. The van der Waals surface area contributed by atoms with Crippen LogP contribution in [-0.4, -0.2) is 35.0 Å². The van der Waals surface area contributed by atoms with Crippen LogP contribution in [0.15, 0.2) is 97.2 Å². The fraction of sp³-hybridized carbons (Fsp3) is 0.148. The molecular formula is C27H27N6O3-. The molecule has 0 bridgehead atoms. The number of carbonyl (C=O) groups is 2. The molecule has 0 saturated heterocycles. The second kappa shape index (κ2) is 11.1. The van der Waals surface area contributed by atoms with Crippen molar-refractivity contribution in [2.45, 2.75) is 5.54 Å². The van der Waals surface area contributed by atoms with Crippen molar-refractivity contribution in [1.29, 1.82) is 0 Å². The first-order valence-corrected chi connectivity index (χ1v) is 11.5. The Labute approximate surface area is 209 Å². The number of rotatable bonds is 9. The number of carbonyl (C=O) groups excluding carboxylic acids is 2. The summed E-state index contributed by atoms with van der Waals surface area (Å²) >= 11 is 0. The van der Waals surface area contributed by atoms with Gasteiger partial charge in [-0.25, -0.2) is 4.79 Å². The zero-order chi connectivity index (χ0) is 25.4. The van der Waals surface area contributed by atoms with Crippen molar-refractivity contribution >= 4 is 23.6 Å². The van der Waals surface area contributed by atoms with Crippen LogP contribution in [0, 0.1) is 0 Å². The van der Waals surface area contributed by atoms with Gasteiger partial charge < -0.3 is 31.2 Å². The van der Waals surface area contributed by atoms with Crippen LogP contribution in [0.25, 0.3) is 0 Å². The quantitative estimate of drug-likeness (QED) is 0.215. The Bertz CT molecular complexity index is 1200. The molecule has 0 unspecified atom stereocenters. The van der Waals surface area contributed by atoms with Gasteiger partial charge in [0.2, 0.25) is 0 Å². The van der Waals surface area contributed by atoms with E-state index in [0.717, 1.165) is 16.7 Å². The maximum Gasteiger partial charge on any atom is 0.319 e. The minimum atomic E-state index is -1.39. The van der Waals surface area contributed by atoms with Gasteiger partial charge in [0.15, 0.2) is 0 Å². The number of hydrogen-bond donors (Lipinski definition) is 4. The molecule has 0 aliphatic heterocycles. The molecule has 9 heteroatoms. The van der Waals surface area contributed by atoms with E-state index in [9.17, 15) is 14.7 Å². The number of urea groups is 1. The third-order valence-corrected chi connectivity index (χ3v) is 5.79. The Morgan fingerprint density at radius 3 is 1.75 bits per heavy atom. The summed E-state index contributed by atoms with van der Waals surface area (Å²) in [5, 5.41) is 26.1. The second-order valence-corrected chi connectivity index (χ2v) is 8.10. The van der Waals surface area contributed by atoms with Crippen molar-refractivity contribution in [3.63, 3.8) is 0 Å². The third kappa shape index (κ3) is 5.30. The maximum atomic E-state index is 12.5. The van der Waals surface area contributed by atoms with Crippen LogP contribution in [-0.2, 0) is 12.6 Å². The van der Waals surface area contributed by atoms with Gasteiger partial charge in [-0.3, -0.25) is 4.68 Å². The van der Waals surface area contributed by atoms with Crippen molar-refractivity contribution in [3.8, 4) is 0 Å². The lowest BCUT2D eigenvalue weighted by atomic mass is 9.77. The van der Waals surface area contributed by atoms with E-state index in [0.29, 0.717) is 11.5 Å². The van der Waals surface area contributed by atoms with Gasteiger partial charge in [-0.1, -0.05) is 91.0 Å². The number of hydrogen-bond acceptors (Lipinski definition) is 5. The van der Waals surface area contributed by atoms with Gasteiger partial charge in [0, 0.05) is 20.1 Å². The summed E-state index contributed by atoms with van der Waals surface area (Å²) in [5.41, 5.74) is 2.69. The summed E-state index contributed by atoms with van der Waals surface area (Å²) in [6.07, 6.45) is 0.169. The highest BCUT2D eigenvalue weighted by Crippen LogP contribution is 2.41. The average Bonchev–Trinajstić information content (AvgIpc) is 3.24. The van der Waals surface area contributed by atoms with Gasteiger partial charge in [-0.2, -0.15) is 5.10 Å². The van der Waals surface area contributed by atoms with Gasteiger partial charge in [0.05, 0.1) is 6.20 Å². The molecule has 0 aliphatic carbocycles. The SMILES string of the molecule is Cn1ncc(NC(=O)NCCNC(=O)[O-])c1NC(c1ccccc1)(c1ccccc1)c1ccccc1. The second-order valence-electron chi connectivity index (χ2n) is 8.10. The molecule has 1 heterocycles. The van der Waals surface area contributed by atoms with E-state index in [1.165, 1.54) is 0 Å². The fourth-order valence-electron chi connectivity index (χ4n) is 4.14. The molecule has 4 rings (SSSR count). The minimum absolute atomic E-state index is 0.0348. The number of aromatic nitrogens is 2. The first-order valence-electron chi connectivity index (χ1n) is 11.5. The van der Waals surface area contributed by atoms with Crippen LogP contribution < -0.4 is 26.4 Å². The summed E-state index contributed by atoms with van der Waals surface area (Å²) < 4.78 is 1.66. The largest absolute Gasteiger partial charge is 0.530 e. The smallest absolute Gasteiger partial charge is 0.319 e. The van der Waals surface area contributed by atoms with Crippen molar-refractivity contribution in [3.05, 3.63) is 114 Å². The number of benzene rings is 3. The Morgan fingerprint density at radius 1 is 0.806 bits per heavy atom. The molecule has 1 aromatic heterocycles. The Hall–Kier alpha value is -4.79. The zero-order valence-electron chi connectivity index (χ0n) is 19.8. The molecule has 0 radical (unpaired) electrons. The molecule has 36 heavy (non-hydrogen) atoms. The van der Waals surface area contributed by atoms with Crippen LogP contribution in [0.4, 0.5) is 21.1 Å². The fourth-order valence-corrected chi connectivity index (χ4v) is 4.14. The van der Waals surface area contributed by atoms with Gasteiger partial charge >= 0.3 is 6.03 Å². The van der Waals surface area contributed by atoms with E-state index in [4.69, 9.17) is 0 Å². The summed E-state index contributed by atoms with van der Waals surface area (Å²) in [7, 11) is 1.79. The van der Waals surface area contributed by atoms with E-state index in [-0.39, 0.29) is 13.1 Å². The first-order chi connectivity index (χ1) is 17.5. The Balaban J connectivity index is 1.74. The highest BCUT2D eigenvalue weighted by Gasteiger charge is 2.37. The molecule has 0 aliphatic rings. The molecule has 9 nitrogen and oxygen atoms in total. The van der Waals surface area contributed by atoms with Crippen LogP contribution >= 0.6 is 0 Å². The van der Waals surface area contributed by atoms with E-state index in [2.05, 4.69) is 62.8 Å². The number of nitrogens with one attached hydrogen (secondary N) is 4. The highest BCUT2D eigenvalue weighted by molar-refractivity contribution is 5.92. The summed E-state index contributed by atoms with van der Waals surface area (Å²) in [6, 6.07) is 29.8. The molecule has 184 valence electrons. The third-order valence-electron chi connectivity index (χ3n) is 5.79. The molecule has 0 saturated carbocycles. The molecule has 0 fully saturated rings. The normalized spacial score (nSPS) is 10.9. The van der Waals surface area contributed by atoms with E-state index < -0.39 is 17.7 Å². The Morgan fingerprint density at radius 2 is 1.28 bits per heavy atom. The molecule has 4 N–H and O–H groups in total. The van der Waals surface area contributed by atoms with Crippen molar-refractivity contribution in [1.82, 2.24) is 20.4 Å². The number of aryl methyl sites for hydroxylation is 1. The monoisotopic (exact) mass is 483 g/mol. The lowest BCUT2D eigenvalue weighted by molar-refractivity contribution is -0.250. The maximum absolute atomic E-state index is 12.5. The average molecular weight is 484 g/mol. The van der Waals surface area contributed by atoms with Gasteiger partial charge in [0.25, 0.3) is 0 Å². The zero-order valence-corrected chi connectivity index (χ0v) is 19.8. The van der Waals surface area contributed by atoms with Crippen LogP contribution in [0.5, 0.6) is 0 Å². The summed E-state index contributed by atoms with van der Waals surface area (Å²) in [5.74, 6) is 0.592. The topological polar surface area (TPSA) is 123 Å². The van der Waals surface area contributed by atoms with E-state index in [1.54, 1.807) is 17.9 Å². The number of carboxylic acid groups (broad SMARTS) is 1. The minimum Gasteiger partial charge on any atom is -0.530 e. The molecule has 0 atom stereocenters. The first kappa shape index (κ1) is 24.3. The molecule has 4 aromatic rings. The lowest BCUT2D eigenvalue weighted by Crippen LogP contribution is -2.42. The van der Waals surface area contributed by atoms with Crippen LogP contribution in [0.1, 0.15) is 16.7 Å². The van der Waals surface area contributed by atoms with Crippen molar-refractivity contribution in [2.24, 2.45) is 7.05 Å². The van der Waals surface area contributed by atoms with E-state index >= 15 is 0 Å². The predicted octanol–water partition coefficient (Wildman–Crippen LogP) is 2.88. The van der Waals surface area contributed by atoms with Crippen LogP contribution in [0.2, 0.25) is 0 Å². The lowest BCUT2D eigenvalue weighted by Gasteiger charge is -2.38. The van der Waals surface area contributed by atoms with Gasteiger partial charge in [-0.15, -0.1) is 0 Å². The van der Waals surface area contributed by atoms with Crippen molar-refractivity contribution < 1.29 is 14.7 Å². The van der Waals surface area contributed by atoms with Crippen molar-refractivity contribution in [2.75, 3.05) is 23.7 Å². The summed E-state index contributed by atoms with van der Waals surface area (Å²) in [4.78, 5) is 23.0. The summed E-state index contributed by atoms with van der Waals surface area (Å²) in [6.45, 7) is 0.137. The van der Waals surface area contributed by atoms with E-state index in [1.807, 2.05) is 54.6 Å². The number of amides is 3. The number of anilines is 2. The standard InChI is InChI=1S/C27H28N6O3/c1-33-24(23(19-30-33)31-25(34)28-17-18-29-26(35)36)32-27(20-11-5-2-6-12-20,21-13-7-3-8-14-21)22-15-9-4-10-16-22/h2-16,19,29,32H,17-18H2,1H3,(H,35,36)(H2,28,31,34)/p-1. The predicted molar refractivity (Wildman–Crippen MR) is 136 cm³/mol. The van der Waals surface area contributed by atoms with Crippen LogP contribution in [0.3, 0.4) is 0 Å². The van der Waals surface area contributed by atoms with Gasteiger partial charge in [0.1, 0.15) is 23.1 Å². The molecule has 3 amide bonds.